The second-order valence-electron chi connectivity index (χ2n) is 4.23. The van der Waals surface area contributed by atoms with Crippen molar-refractivity contribution in [1.82, 2.24) is 0 Å². The van der Waals surface area contributed by atoms with Gasteiger partial charge in [0.25, 0.3) is 0 Å². The molecule has 1 aromatic rings. The van der Waals surface area contributed by atoms with Gasteiger partial charge in [0.05, 0.1) is 6.10 Å². The van der Waals surface area contributed by atoms with Gasteiger partial charge in [0, 0.05) is 11.5 Å². The lowest BCUT2D eigenvalue weighted by atomic mass is 9.87. The van der Waals surface area contributed by atoms with Crippen LogP contribution in [0.4, 0.5) is 4.39 Å². The minimum absolute atomic E-state index is 0.0822. The van der Waals surface area contributed by atoms with Crippen LogP contribution in [0.3, 0.4) is 0 Å². The predicted molar refractivity (Wildman–Crippen MR) is 61.2 cm³/mol. The summed E-state index contributed by atoms with van der Waals surface area (Å²) in [6, 6.07) is 6.14. The van der Waals surface area contributed by atoms with Crippen LogP contribution in [0, 0.1) is 23.6 Å². The average molecular weight is 218 g/mol. The SMILES string of the molecule is OC1CCCCC1C#Cc1ccc(F)cc1. The molecule has 2 rings (SSSR count). The molecule has 0 aliphatic heterocycles. The molecule has 2 heteroatoms. The van der Waals surface area contributed by atoms with Gasteiger partial charge >= 0.3 is 0 Å². The summed E-state index contributed by atoms with van der Waals surface area (Å²) in [5, 5.41) is 9.73. The Labute approximate surface area is 95.3 Å². The van der Waals surface area contributed by atoms with E-state index in [4.69, 9.17) is 0 Å². The Hall–Kier alpha value is -1.33. The van der Waals surface area contributed by atoms with Crippen molar-refractivity contribution in [1.29, 1.82) is 0 Å². The van der Waals surface area contributed by atoms with Crippen LogP contribution in [-0.2, 0) is 0 Å². The summed E-state index contributed by atoms with van der Waals surface area (Å²) < 4.78 is 12.7. The van der Waals surface area contributed by atoms with E-state index < -0.39 is 0 Å². The number of halogens is 1. The molecule has 0 radical (unpaired) electrons. The van der Waals surface area contributed by atoms with E-state index in [2.05, 4.69) is 11.8 Å². The predicted octanol–water partition coefficient (Wildman–Crippen LogP) is 2.73. The number of hydrogen-bond donors (Lipinski definition) is 1. The van der Waals surface area contributed by atoms with Gasteiger partial charge in [-0.2, -0.15) is 0 Å². The molecule has 1 N–H and O–H groups in total. The van der Waals surface area contributed by atoms with Crippen molar-refractivity contribution in [3.8, 4) is 11.8 Å². The summed E-state index contributed by atoms with van der Waals surface area (Å²) in [4.78, 5) is 0. The molecule has 2 unspecified atom stereocenters. The van der Waals surface area contributed by atoms with Crippen LogP contribution in [0.25, 0.3) is 0 Å². The van der Waals surface area contributed by atoms with Gasteiger partial charge in [-0.3, -0.25) is 0 Å². The molecule has 1 fully saturated rings. The van der Waals surface area contributed by atoms with Crippen molar-refractivity contribution < 1.29 is 9.50 Å². The van der Waals surface area contributed by atoms with Gasteiger partial charge in [-0.25, -0.2) is 4.39 Å². The van der Waals surface area contributed by atoms with Crippen LogP contribution in [-0.4, -0.2) is 11.2 Å². The Morgan fingerprint density at radius 1 is 1.12 bits per heavy atom. The maximum atomic E-state index is 12.7. The minimum atomic E-state index is -0.290. The first-order chi connectivity index (χ1) is 7.75. The summed E-state index contributed by atoms with van der Waals surface area (Å²) in [6.45, 7) is 0. The third kappa shape index (κ3) is 2.84. The van der Waals surface area contributed by atoms with Crippen molar-refractivity contribution in [3.63, 3.8) is 0 Å². The van der Waals surface area contributed by atoms with Gasteiger partial charge in [-0.15, -0.1) is 0 Å². The standard InChI is InChI=1S/C14H15FO/c15-13-9-6-11(7-10-13)5-8-12-3-1-2-4-14(12)16/h6-7,9-10,12,14,16H,1-4H2. The van der Waals surface area contributed by atoms with E-state index in [9.17, 15) is 9.50 Å². The molecule has 2 atom stereocenters. The molecule has 0 aromatic heterocycles. The third-order valence-corrected chi connectivity index (χ3v) is 2.98. The summed E-state index contributed by atoms with van der Waals surface area (Å²) in [6.07, 6.45) is 3.76. The number of benzene rings is 1. The average Bonchev–Trinajstić information content (AvgIpc) is 2.30. The van der Waals surface area contributed by atoms with Gasteiger partial charge < -0.3 is 5.11 Å². The van der Waals surface area contributed by atoms with Gasteiger partial charge in [0.2, 0.25) is 0 Å². The highest BCUT2D eigenvalue weighted by Crippen LogP contribution is 2.23. The monoisotopic (exact) mass is 218 g/mol. The summed E-state index contributed by atoms with van der Waals surface area (Å²) in [5.74, 6) is 5.92. The van der Waals surface area contributed by atoms with E-state index in [-0.39, 0.29) is 17.8 Å². The smallest absolute Gasteiger partial charge is 0.123 e. The lowest BCUT2D eigenvalue weighted by molar-refractivity contribution is 0.0970. The molecule has 1 saturated carbocycles. The fourth-order valence-electron chi connectivity index (χ4n) is 1.99. The quantitative estimate of drug-likeness (QED) is 0.664. The van der Waals surface area contributed by atoms with Crippen molar-refractivity contribution in [2.24, 2.45) is 5.92 Å². The van der Waals surface area contributed by atoms with Crippen molar-refractivity contribution >= 4 is 0 Å². The molecule has 1 aromatic carbocycles. The van der Waals surface area contributed by atoms with E-state index in [0.29, 0.717) is 0 Å². The molecule has 0 saturated heterocycles. The first-order valence-corrected chi connectivity index (χ1v) is 5.71. The molecule has 0 spiro atoms. The van der Waals surface area contributed by atoms with E-state index in [1.54, 1.807) is 12.1 Å². The first-order valence-electron chi connectivity index (χ1n) is 5.71. The highest BCUT2D eigenvalue weighted by Gasteiger charge is 2.20. The zero-order valence-corrected chi connectivity index (χ0v) is 9.12. The minimum Gasteiger partial charge on any atom is -0.392 e. The van der Waals surface area contributed by atoms with Gasteiger partial charge in [-0.05, 0) is 37.1 Å². The van der Waals surface area contributed by atoms with Crippen molar-refractivity contribution in [2.75, 3.05) is 0 Å². The molecule has 1 aliphatic carbocycles. The van der Waals surface area contributed by atoms with Crippen LogP contribution >= 0.6 is 0 Å². The highest BCUT2D eigenvalue weighted by molar-refractivity contribution is 5.34. The number of aliphatic hydroxyl groups excluding tert-OH is 1. The molecular formula is C14H15FO. The van der Waals surface area contributed by atoms with E-state index in [1.165, 1.54) is 12.1 Å². The van der Waals surface area contributed by atoms with Crippen LogP contribution in [0.5, 0.6) is 0 Å². The molecule has 0 heterocycles. The Morgan fingerprint density at radius 2 is 1.81 bits per heavy atom. The van der Waals surface area contributed by atoms with Crippen LogP contribution in [0.1, 0.15) is 31.2 Å². The molecule has 1 nitrogen and oxygen atoms in total. The van der Waals surface area contributed by atoms with Gasteiger partial charge in [0.1, 0.15) is 5.82 Å². The zero-order chi connectivity index (χ0) is 11.4. The highest BCUT2D eigenvalue weighted by atomic mass is 19.1. The molecule has 84 valence electrons. The number of hydrogen-bond acceptors (Lipinski definition) is 1. The molecule has 16 heavy (non-hydrogen) atoms. The molecular weight excluding hydrogens is 203 g/mol. The second-order valence-corrected chi connectivity index (χ2v) is 4.23. The molecule has 0 amide bonds. The van der Waals surface area contributed by atoms with Crippen molar-refractivity contribution in [2.45, 2.75) is 31.8 Å². The number of rotatable bonds is 0. The van der Waals surface area contributed by atoms with Gasteiger partial charge in [-0.1, -0.05) is 24.7 Å². The summed E-state index contributed by atoms with van der Waals surface area (Å²) in [5.41, 5.74) is 0.805. The second kappa shape index (κ2) is 5.14. The lowest BCUT2D eigenvalue weighted by Gasteiger charge is -2.22. The zero-order valence-electron chi connectivity index (χ0n) is 9.12. The lowest BCUT2D eigenvalue weighted by Crippen LogP contribution is -2.22. The van der Waals surface area contributed by atoms with Crippen molar-refractivity contribution in [3.05, 3.63) is 35.6 Å². The summed E-state index contributed by atoms with van der Waals surface area (Å²) in [7, 11) is 0. The largest absolute Gasteiger partial charge is 0.392 e. The van der Waals surface area contributed by atoms with E-state index in [0.717, 1.165) is 31.2 Å². The van der Waals surface area contributed by atoms with E-state index in [1.807, 2.05) is 0 Å². The molecule has 0 bridgehead atoms. The number of aliphatic hydroxyl groups is 1. The van der Waals surface area contributed by atoms with Crippen LogP contribution in [0.15, 0.2) is 24.3 Å². The third-order valence-electron chi connectivity index (χ3n) is 2.98. The Morgan fingerprint density at radius 3 is 2.50 bits per heavy atom. The maximum Gasteiger partial charge on any atom is 0.123 e. The first kappa shape index (κ1) is 11.2. The topological polar surface area (TPSA) is 20.2 Å². The Bertz CT molecular complexity index is 399. The van der Waals surface area contributed by atoms with Crippen LogP contribution in [0.2, 0.25) is 0 Å². The molecule has 1 aliphatic rings. The van der Waals surface area contributed by atoms with Gasteiger partial charge in [0.15, 0.2) is 0 Å². The Kier molecular flexibility index (Phi) is 3.58. The fraction of sp³-hybridized carbons (Fsp3) is 0.429. The van der Waals surface area contributed by atoms with Crippen LogP contribution < -0.4 is 0 Å². The normalized spacial score (nSPS) is 24.6. The summed E-state index contributed by atoms with van der Waals surface area (Å²) >= 11 is 0. The maximum absolute atomic E-state index is 12.7. The Balaban J connectivity index is 2.05. The van der Waals surface area contributed by atoms with E-state index >= 15 is 0 Å². The fourth-order valence-corrected chi connectivity index (χ4v) is 1.99.